The van der Waals surface area contributed by atoms with Gasteiger partial charge in [-0.05, 0) is 23.3 Å². The molecular weight excluding hydrogens is 310 g/mol. The number of hydrogen-bond acceptors (Lipinski definition) is 5. The van der Waals surface area contributed by atoms with Crippen molar-refractivity contribution in [1.29, 1.82) is 0 Å². The lowest BCUT2D eigenvalue weighted by Gasteiger charge is -2.65. The fourth-order valence-corrected chi connectivity index (χ4v) is 5.80. The average Bonchev–Trinajstić information content (AvgIpc) is 2.90. The Morgan fingerprint density at radius 1 is 1.46 bits per heavy atom. The van der Waals surface area contributed by atoms with Crippen LogP contribution in [0.3, 0.4) is 0 Å². The first-order valence-corrected chi connectivity index (χ1v) is 8.47. The van der Waals surface area contributed by atoms with Gasteiger partial charge in [-0.25, -0.2) is 0 Å². The van der Waals surface area contributed by atoms with Crippen molar-refractivity contribution >= 4 is 5.78 Å². The zero-order valence-electron chi connectivity index (χ0n) is 13.8. The molecule has 1 spiro atoms. The predicted octanol–water partition coefficient (Wildman–Crippen LogP) is 0.612. The van der Waals surface area contributed by atoms with Gasteiger partial charge in [-0.15, -0.1) is 0 Å². The molecule has 3 unspecified atom stereocenters. The summed E-state index contributed by atoms with van der Waals surface area (Å²) in [5.41, 5.74) is -0.158. The van der Waals surface area contributed by atoms with E-state index in [0.29, 0.717) is 19.4 Å². The van der Waals surface area contributed by atoms with Crippen LogP contribution in [0.5, 0.6) is 0 Å². The molecule has 2 fully saturated rings. The highest BCUT2D eigenvalue weighted by atomic mass is 16.6. The third-order valence-electron chi connectivity index (χ3n) is 6.90. The molecule has 7 atom stereocenters. The maximum Gasteiger partial charge on any atom is 0.185 e. The molecule has 2 saturated heterocycles. The molecule has 0 aromatic heterocycles. The first-order valence-electron chi connectivity index (χ1n) is 8.47. The zero-order chi connectivity index (χ0) is 16.9. The van der Waals surface area contributed by atoms with Gasteiger partial charge in [0.25, 0.3) is 0 Å². The van der Waals surface area contributed by atoms with E-state index in [0.717, 1.165) is 11.1 Å². The van der Waals surface area contributed by atoms with E-state index in [1.54, 1.807) is 20.2 Å². The summed E-state index contributed by atoms with van der Waals surface area (Å²) in [5.74, 6) is -0.126. The van der Waals surface area contributed by atoms with Gasteiger partial charge < -0.3 is 24.4 Å². The van der Waals surface area contributed by atoms with Gasteiger partial charge in [0.05, 0.1) is 19.0 Å². The summed E-state index contributed by atoms with van der Waals surface area (Å²) >= 11 is 0. The van der Waals surface area contributed by atoms with Gasteiger partial charge in [0.2, 0.25) is 0 Å². The Balaban J connectivity index is 1.81. The Labute approximate surface area is 140 Å². The van der Waals surface area contributed by atoms with Crippen molar-refractivity contribution in [2.45, 2.75) is 42.8 Å². The molecule has 0 aromatic rings. The molecule has 0 aromatic carbocycles. The monoisotopic (exact) mass is 331 g/mol. The summed E-state index contributed by atoms with van der Waals surface area (Å²) in [6.07, 6.45) is 6.47. The van der Waals surface area contributed by atoms with Crippen LogP contribution in [0.2, 0.25) is 0 Å². The number of carbonyl (C=O) groups is 1. The third-order valence-corrected chi connectivity index (χ3v) is 6.90. The number of methoxy groups -OCH3 is 1. The summed E-state index contributed by atoms with van der Waals surface area (Å²) in [6, 6.07) is -0.525. The molecule has 24 heavy (non-hydrogen) atoms. The number of likely N-dealkylation sites (N-methyl/N-ethyl adjacent to an activating group) is 1. The number of quaternary nitrogens is 1. The Hall–Kier alpha value is -1.31. The number of piperidine rings is 1. The number of ketones is 1. The molecule has 3 aliphatic carbocycles. The van der Waals surface area contributed by atoms with E-state index in [1.807, 2.05) is 12.2 Å². The Kier molecular flexibility index (Phi) is 2.66. The van der Waals surface area contributed by atoms with Crippen molar-refractivity contribution in [3.05, 3.63) is 40.7 Å². The first kappa shape index (κ1) is 15.0. The van der Waals surface area contributed by atoms with E-state index in [2.05, 4.69) is 0 Å². The van der Waals surface area contributed by atoms with Crippen LogP contribution in [-0.4, -0.2) is 66.2 Å². The number of likely N-dealkylation sites (tertiary alicyclic amines) is 1. The number of rotatable bonds is 1. The minimum atomic E-state index is -1.35. The molecule has 0 radical (unpaired) electrons. The summed E-state index contributed by atoms with van der Waals surface area (Å²) in [7, 11) is 3.24. The number of aliphatic hydroxyl groups is 1. The number of ether oxygens (including phenoxy) is 2. The Morgan fingerprint density at radius 2 is 2.25 bits per heavy atom. The third kappa shape index (κ3) is 1.40. The number of nitrogens with zero attached hydrogens (tertiary/aromatic N) is 1. The highest BCUT2D eigenvalue weighted by Crippen LogP contribution is 2.65. The van der Waals surface area contributed by atoms with Gasteiger partial charge in [0.15, 0.2) is 5.78 Å². The standard InChI is InChI=1S/C18H21NO5/c1-19(22)8-7-17-14-10-3-4-12(23-2)15(14)24-16(17)11(20)5-6-18(17,21)13(19)9-10/h3-6,12-13,15-16,21H,7-9H2,1-2H3/t12?,13-,15-,16+,17?,18+,19?/m1/s1. The van der Waals surface area contributed by atoms with Gasteiger partial charge in [-0.1, -0.05) is 12.2 Å². The van der Waals surface area contributed by atoms with Gasteiger partial charge >= 0.3 is 0 Å². The highest BCUT2D eigenvalue weighted by Gasteiger charge is 2.75. The fourth-order valence-electron chi connectivity index (χ4n) is 5.80. The average molecular weight is 331 g/mol. The second kappa shape index (κ2) is 4.26. The summed E-state index contributed by atoms with van der Waals surface area (Å²) in [4.78, 5) is 12.6. The van der Waals surface area contributed by atoms with Gasteiger partial charge in [0, 0.05) is 20.0 Å². The van der Waals surface area contributed by atoms with Crippen molar-refractivity contribution in [2.75, 3.05) is 20.7 Å². The van der Waals surface area contributed by atoms with Crippen molar-refractivity contribution in [3.8, 4) is 0 Å². The Bertz CT molecular complexity index is 738. The zero-order valence-corrected chi connectivity index (χ0v) is 13.8. The number of hydrogen-bond donors (Lipinski definition) is 1. The van der Waals surface area contributed by atoms with E-state index in [9.17, 15) is 15.1 Å². The van der Waals surface area contributed by atoms with Crippen LogP contribution in [0.4, 0.5) is 0 Å². The molecule has 2 heterocycles. The second-order valence-corrected chi connectivity index (χ2v) is 7.84. The summed E-state index contributed by atoms with van der Waals surface area (Å²) in [6.45, 7) is 0.374. The topological polar surface area (TPSA) is 78.8 Å². The van der Waals surface area contributed by atoms with E-state index < -0.39 is 27.8 Å². The van der Waals surface area contributed by atoms with Gasteiger partial charge in [0.1, 0.15) is 30.0 Å². The fraction of sp³-hybridized carbons (Fsp3) is 0.611. The molecule has 6 heteroatoms. The molecule has 0 amide bonds. The summed E-state index contributed by atoms with van der Waals surface area (Å²) < 4.78 is 11.2. The molecule has 1 N–H and O–H groups in total. The lowest BCUT2D eigenvalue weighted by molar-refractivity contribution is -0.903. The van der Waals surface area contributed by atoms with Gasteiger partial charge in [-0.3, -0.25) is 4.79 Å². The minimum Gasteiger partial charge on any atom is -0.633 e. The first-order chi connectivity index (χ1) is 11.3. The van der Waals surface area contributed by atoms with Crippen LogP contribution in [0, 0.1) is 10.6 Å². The molecule has 0 saturated carbocycles. The smallest absolute Gasteiger partial charge is 0.185 e. The van der Waals surface area contributed by atoms with E-state index >= 15 is 0 Å². The maximum absolute atomic E-state index is 13.1. The second-order valence-electron chi connectivity index (χ2n) is 7.84. The maximum atomic E-state index is 13.1. The van der Waals surface area contributed by atoms with Gasteiger partial charge in [-0.2, -0.15) is 0 Å². The van der Waals surface area contributed by atoms with Crippen LogP contribution in [0.15, 0.2) is 35.5 Å². The molecule has 2 aliphatic heterocycles. The van der Waals surface area contributed by atoms with E-state index in [1.165, 1.54) is 6.08 Å². The molecule has 5 rings (SSSR count). The summed E-state index contributed by atoms with van der Waals surface area (Å²) in [5, 5.41) is 24.7. The van der Waals surface area contributed by atoms with E-state index in [-0.39, 0.29) is 18.0 Å². The Morgan fingerprint density at radius 3 is 3.00 bits per heavy atom. The number of allylic oxidation sites excluding steroid dienone is 1. The van der Waals surface area contributed by atoms with Crippen LogP contribution in [0.1, 0.15) is 12.8 Å². The molecule has 5 aliphatic rings. The SMILES string of the molecule is COC1C=CC2=C3[C@@H]1O[C@H]1C(=O)C=C[C@]4(O)[C@@H](C2)[N+](C)([O-])CCC314. The predicted molar refractivity (Wildman–Crippen MR) is 84.6 cm³/mol. The molecule has 2 bridgehead atoms. The lowest BCUT2D eigenvalue weighted by Crippen LogP contribution is -2.76. The number of carbonyl (C=O) groups excluding carboxylic acids is 1. The normalized spacial score (nSPS) is 54.2. The lowest BCUT2D eigenvalue weighted by atomic mass is 9.49. The van der Waals surface area contributed by atoms with Crippen LogP contribution in [0.25, 0.3) is 0 Å². The van der Waals surface area contributed by atoms with Crippen molar-refractivity contribution in [1.82, 2.24) is 0 Å². The molecule has 6 nitrogen and oxygen atoms in total. The molecular formula is C18H21NO5. The van der Waals surface area contributed by atoms with Crippen LogP contribution < -0.4 is 0 Å². The van der Waals surface area contributed by atoms with Crippen molar-refractivity contribution in [3.63, 3.8) is 0 Å². The largest absolute Gasteiger partial charge is 0.633 e. The van der Waals surface area contributed by atoms with Crippen LogP contribution >= 0.6 is 0 Å². The van der Waals surface area contributed by atoms with Crippen molar-refractivity contribution < 1.29 is 24.0 Å². The minimum absolute atomic E-state index is 0.126. The highest BCUT2D eigenvalue weighted by molar-refractivity contribution is 5.97. The number of hydroxylamine groups is 3. The van der Waals surface area contributed by atoms with E-state index in [4.69, 9.17) is 9.47 Å². The van der Waals surface area contributed by atoms with Crippen LogP contribution in [-0.2, 0) is 14.3 Å². The molecule has 128 valence electrons. The quantitative estimate of drug-likeness (QED) is 0.563. The van der Waals surface area contributed by atoms with Crippen molar-refractivity contribution in [2.24, 2.45) is 5.41 Å².